The number of nitrogens with one attached hydrogen (secondary N) is 1. The fourth-order valence-electron chi connectivity index (χ4n) is 3.39. The molecule has 2 aromatic carbocycles. The number of fused-ring (bicyclic) bond motifs is 1. The van der Waals surface area contributed by atoms with Crippen molar-refractivity contribution >= 4 is 10.9 Å². The van der Waals surface area contributed by atoms with Gasteiger partial charge in [-0.25, -0.2) is 0 Å². The lowest BCUT2D eigenvalue weighted by Gasteiger charge is -2.18. The molecule has 0 amide bonds. The molecule has 1 atom stereocenters. The molecule has 22 heavy (non-hydrogen) atoms. The Morgan fingerprint density at radius 1 is 1.05 bits per heavy atom. The van der Waals surface area contributed by atoms with Crippen LogP contribution in [-0.2, 0) is 0 Å². The number of aromatic amines is 1. The second-order valence-corrected chi connectivity index (χ2v) is 5.98. The molecule has 1 N–H and O–H groups in total. The summed E-state index contributed by atoms with van der Waals surface area (Å²) in [4.78, 5) is 3.45. The first-order chi connectivity index (χ1) is 10.8. The van der Waals surface area contributed by atoms with Crippen molar-refractivity contribution in [1.29, 1.82) is 0 Å². The molecule has 3 aromatic rings. The summed E-state index contributed by atoms with van der Waals surface area (Å²) in [6, 6.07) is 17.4. The minimum Gasteiger partial charge on any atom is -0.361 e. The number of H-pyrrole nitrogens is 1. The molecule has 0 radical (unpaired) electrons. The Morgan fingerprint density at radius 2 is 1.91 bits per heavy atom. The summed E-state index contributed by atoms with van der Waals surface area (Å²) in [6.45, 7) is 2.14. The van der Waals surface area contributed by atoms with Crippen LogP contribution in [0.2, 0.25) is 0 Å². The third-order valence-electron chi connectivity index (χ3n) is 4.45. The summed E-state index contributed by atoms with van der Waals surface area (Å²) < 4.78 is 0. The minimum atomic E-state index is 0.302. The van der Waals surface area contributed by atoms with Gasteiger partial charge >= 0.3 is 0 Å². The average Bonchev–Trinajstić information content (AvgIpc) is 3.19. The van der Waals surface area contributed by atoms with Crippen LogP contribution in [0.3, 0.4) is 0 Å². The number of aromatic nitrogens is 1. The smallest absolute Gasteiger partial charge is 0.0459 e. The number of hydrogen-bond acceptors (Lipinski definition) is 0. The van der Waals surface area contributed by atoms with Crippen LogP contribution in [0.1, 0.15) is 29.0 Å². The molecule has 108 valence electrons. The molecule has 0 aliphatic heterocycles. The van der Waals surface area contributed by atoms with E-state index in [1.54, 1.807) is 0 Å². The van der Waals surface area contributed by atoms with Crippen LogP contribution in [-0.4, -0.2) is 4.98 Å². The van der Waals surface area contributed by atoms with Crippen LogP contribution < -0.4 is 0 Å². The standard InChI is InChI=1S/C21H19N/c1-15-11-12-18-19(14-22-20(18)13-15)21(17-9-5-6-10-17)16-7-3-2-4-8-16/h2-5,7-14,21-22H,6H2,1H3. The Balaban J connectivity index is 1.91. The summed E-state index contributed by atoms with van der Waals surface area (Å²) in [5.74, 6) is 0.302. The van der Waals surface area contributed by atoms with E-state index in [4.69, 9.17) is 0 Å². The molecule has 0 spiro atoms. The van der Waals surface area contributed by atoms with Gasteiger partial charge in [0.25, 0.3) is 0 Å². The molecule has 1 unspecified atom stereocenters. The molecule has 1 aliphatic rings. The predicted octanol–water partition coefficient (Wildman–Crippen LogP) is 5.49. The van der Waals surface area contributed by atoms with Gasteiger partial charge in [-0.3, -0.25) is 0 Å². The van der Waals surface area contributed by atoms with E-state index in [0.29, 0.717) is 5.92 Å². The zero-order valence-corrected chi connectivity index (χ0v) is 12.7. The normalized spacial score (nSPS) is 15.2. The molecule has 0 bridgehead atoms. The van der Waals surface area contributed by atoms with E-state index in [2.05, 4.69) is 84.9 Å². The Morgan fingerprint density at radius 3 is 2.68 bits per heavy atom. The lowest BCUT2D eigenvalue weighted by Crippen LogP contribution is -2.02. The van der Waals surface area contributed by atoms with E-state index in [-0.39, 0.29) is 0 Å². The summed E-state index contributed by atoms with van der Waals surface area (Å²) in [7, 11) is 0. The highest BCUT2D eigenvalue weighted by Gasteiger charge is 2.21. The van der Waals surface area contributed by atoms with Crippen LogP contribution in [0.4, 0.5) is 0 Å². The molecule has 1 nitrogen and oxygen atoms in total. The van der Waals surface area contributed by atoms with Gasteiger partial charge in [0, 0.05) is 23.0 Å². The lowest BCUT2D eigenvalue weighted by molar-refractivity contribution is 0.989. The first-order valence-corrected chi connectivity index (χ1v) is 7.82. The summed E-state index contributed by atoms with van der Waals surface area (Å²) in [5.41, 5.74) is 6.61. The highest BCUT2D eigenvalue weighted by Crippen LogP contribution is 2.38. The predicted molar refractivity (Wildman–Crippen MR) is 93.2 cm³/mol. The van der Waals surface area contributed by atoms with Gasteiger partial charge in [-0.2, -0.15) is 0 Å². The number of hydrogen-bond donors (Lipinski definition) is 1. The fourth-order valence-corrected chi connectivity index (χ4v) is 3.39. The van der Waals surface area contributed by atoms with E-state index in [0.717, 1.165) is 6.42 Å². The van der Waals surface area contributed by atoms with E-state index >= 15 is 0 Å². The van der Waals surface area contributed by atoms with Crippen LogP contribution in [0.15, 0.2) is 78.5 Å². The zero-order chi connectivity index (χ0) is 14.9. The Bertz CT molecular complexity index is 865. The maximum atomic E-state index is 3.45. The lowest BCUT2D eigenvalue weighted by atomic mass is 9.85. The summed E-state index contributed by atoms with van der Waals surface area (Å²) in [6.07, 6.45) is 10.1. The number of allylic oxidation sites excluding steroid dienone is 4. The van der Waals surface area contributed by atoms with Gasteiger partial charge in [-0.05, 0) is 41.7 Å². The number of rotatable bonds is 3. The van der Waals surface area contributed by atoms with Crippen molar-refractivity contribution in [3.05, 3.63) is 95.2 Å². The minimum absolute atomic E-state index is 0.302. The fraction of sp³-hybridized carbons (Fsp3) is 0.143. The quantitative estimate of drug-likeness (QED) is 0.654. The molecule has 1 heteroatoms. The molecule has 1 aromatic heterocycles. The number of benzene rings is 2. The second kappa shape index (κ2) is 5.34. The van der Waals surface area contributed by atoms with Crippen molar-refractivity contribution in [2.75, 3.05) is 0 Å². The van der Waals surface area contributed by atoms with Gasteiger partial charge in [-0.15, -0.1) is 0 Å². The van der Waals surface area contributed by atoms with Crippen molar-refractivity contribution in [2.45, 2.75) is 19.3 Å². The van der Waals surface area contributed by atoms with Gasteiger partial charge < -0.3 is 4.98 Å². The summed E-state index contributed by atoms with van der Waals surface area (Å²) >= 11 is 0. The molecular weight excluding hydrogens is 266 g/mol. The maximum absolute atomic E-state index is 3.45. The van der Waals surface area contributed by atoms with Gasteiger partial charge in [0.05, 0.1) is 0 Å². The first-order valence-electron chi connectivity index (χ1n) is 7.82. The van der Waals surface area contributed by atoms with Crippen LogP contribution in [0, 0.1) is 6.92 Å². The maximum Gasteiger partial charge on any atom is 0.0459 e. The molecule has 0 fully saturated rings. The van der Waals surface area contributed by atoms with Crippen molar-refractivity contribution < 1.29 is 0 Å². The average molecular weight is 285 g/mol. The van der Waals surface area contributed by atoms with E-state index in [1.165, 1.54) is 33.2 Å². The zero-order valence-electron chi connectivity index (χ0n) is 12.7. The second-order valence-electron chi connectivity index (χ2n) is 5.98. The number of aryl methyl sites for hydroxylation is 1. The summed E-state index contributed by atoms with van der Waals surface area (Å²) in [5, 5.41) is 1.32. The Labute approximate surface area is 131 Å². The van der Waals surface area contributed by atoms with Gasteiger partial charge in [0.15, 0.2) is 0 Å². The van der Waals surface area contributed by atoms with Crippen LogP contribution in [0.25, 0.3) is 10.9 Å². The van der Waals surface area contributed by atoms with Crippen molar-refractivity contribution in [3.8, 4) is 0 Å². The monoisotopic (exact) mass is 285 g/mol. The SMILES string of the molecule is Cc1ccc2c(C(C3=CCC=C3)c3ccccc3)c[nH]c2c1. The molecular formula is C21H19N. The van der Waals surface area contributed by atoms with Crippen LogP contribution >= 0.6 is 0 Å². The topological polar surface area (TPSA) is 15.8 Å². The molecule has 0 saturated heterocycles. The van der Waals surface area contributed by atoms with Crippen LogP contribution in [0.5, 0.6) is 0 Å². The van der Waals surface area contributed by atoms with E-state index in [9.17, 15) is 0 Å². The largest absolute Gasteiger partial charge is 0.361 e. The molecule has 0 saturated carbocycles. The Hall–Kier alpha value is -2.54. The third kappa shape index (κ3) is 2.19. The van der Waals surface area contributed by atoms with Crippen molar-refractivity contribution in [1.82, 2.24) is 4.98 Å². The highest BCUT2D eigenvalue weighted by molar-refractivity contribution is 5.85. The third-order valence-corrected chi connectivity index (χ3v) is 4.45. The van der Waals surface area contributed by atoms with Crippen molar-refractivity contribution in [3.63, 3.8) is 0 Å². The van der Waals surface area contributed by atoms with E-state index in [1.807, 2.05) is 0 Å². The van der Waals surface area contributed by atoms with Gasteiger partial charge in [0.2, 0.25) is 0 Å². The Kier molecular flexibility index (Phi) is 3.19. The highest BCUT2D eigenvalue weighted by atomic mass is 14.7. The first kappa shape index (κ1) is 13.1. The molecule has 1 heterocycles. The van der Waals surface area contributed by atoms with Crippen molar-refractivity contribution in [2.24, 2.45) is 0 Å². The molecule has 1 aliphatic carbocycles. The van der Waals surface area contributed by atoms with Gasteiger partial charge in [0.1, 0.15) is 0 Å². The van der Waals surface area contributed by atoms with Gasteiger partial charge in [-0.1, -0.05) is 60.7 Å². The molecule has 4 rings (SSSR count). The van der Waals surface area contributed by atoms with E-state index < -0.39 is 0 Å².